The summed E-state index contributed by atoms with van der Waals surface area (Å²) in [4.78, 5) is 31.8. The highest BCUT2D eigenvalue weighted by molar-refractivity contribution is 5.87. The van der Waals surface area contributed by atoms with Crippen molar-refractivity contribution in [3.63, 3.8) is 0 Å². The van der Waals surface area contributed by atoms with Gasteiger partial charge in [-0.05, 0) is 22.6 Å². The van der Waals surface area contributed by atoms with Gasteiger partial charge in [0.2, 0.25) is 0 Å². The van der Waals surface area contributed by atoms with E-state index in [9.17, 15) is 9.59 Å². The average molecular weight is 434 g/mol. The molecule has 8 heteroatoms. The van der Waals surface area contributed by atoms with Crippen LogP contribution in [0.2, 0.25) is 0 Å². The SMILES string of the molecule is CC(C)c1ccc(/C=N\NC(=O)[C@@H](Cc2cnc[nH]2)NC(=O)OCc2ccccc2)cc1. The van der Waals surface area contributed by atoms with Gasteiger partial charge in [-0.3, -0.25) is 4.79 Å². The number of carbonyl (C=O) groups excluding carboxylic acids is 2. The van der Waals surface area contributed by atoms with Crippen LogP contribution < -0.4 is 10.7 Å². The first-order valence-electron chi connectivity index (χ1n) is 10.4. The number of ether oxygens (including phenoxy) is 1. The largest absolute Gasteiger partial charge is 0.445 e. The summed E-state index contributed by atoms with van der Waals surface area (Å²) in [5, 5.41) is 6.62. The number of hydrogen-bond donors (Lipinski definition) is 3. The number of hydrazone groups is 1. The number of amides is 2. The molecule has 0 saturated carbocycles. The number of benzene rings is 2. The molecule has 3 aromatic rings. The van der Waals surface area contributed by atoms with Crippen LogP contribution in [0, 0.1) is 0 Å². The van der Waals surface area contributed by atoms with Crippen molar-refractivity contribution < 1.29 is 14.3 Å². The molecule has 166 valence electrons. The Morgan fingerprint density at radius 3 is 2.53 bits per heavy atom. The summed E-state index contributed by atoms with van der Waals surface area (Å²) in [6, 6.07) is 16.3. The van der Waals surface area contributed by atoms with Crippen molar-refractivity contribution in [3.8, 4) is 0 Å². The zero-order chi connectivity index (χ0) is 22.8. The fraction of sp³-hybridized carbons (Fsp3) is 0.250. The van der Waals surface area contributed by atoms with Crippen LogP contribution >= 0.6 is 0 Å². The van der Waals surface area contributed by atoms with Crippen LogP contribution in [0.15, 0.2) is 72.2 Å². The third-order valence-electron chi connectivity index (χ3n) is 4.79. The number of alkyl carbamates (subject to hydrolysis) is 1. The van der Waals surface area contributed by atoms with Crippen LogP contribution in [0.4, 0.5) is 4.79 Å². The first-order valence-corrected chi connectivity index (χ1v) is 10.4. The molecule has 3 N–H and O–H groups in total. The molecule has 0 bridgehead atoms. The molecule has 0 radical (unpaired) electrons. The smallest absolute Gasteiger partial charge is 0.408 e. The van der Waals surface area contributed by atoms with Gasteiger partial charge in [0.1, 0.15) is 12.6 Å². The maximum absolute atomic E-state index is 12.7. The maximum atomic E-state index is 12.7. The van der Waals surface area contributed by atoms with Crippen LogP contribution in [0.25, 0.3) is 0 Å². The van der Waals surface area contributed by atoms with Crippen molar-refractivity contribution >= 4 is 18.2 Å². The zero-order valence-electron chi connectivity index (χ0n) is 18.1. The highest BCUT2D eigenvalue weighted by atomic mass is 16.5. The van der Waals surface area contributed by atoms with Crippen LogP contribution in [-0.4, -0.2) is 34.2 Å². The Hall–Kier alpha value is -3.94. The third kappa shape index (κ3) is 7.09. The first-order chi connectivity index (χ1) is 15.5. The van der Waals surface area contributed by atoms with Gasteiger partial charge in [0.05, 0.1) is 12.5 Å². The summed E-state index contributed by atoms with van der Waals surface area (Å²) in [5.74, 6) is -0.0250. The van der Waals surface area contributed by atoms with E-state index in [0.29, 0.717) is 11.6 Å². The summed E-state index contributed by atoms with van der Waals surface area (Å²) < 4.78 is 5.24. The van der Waals surface area contributed by atoms with E-state index in [1.165, 1.54) is 11.9 Å². The van der Waals surface area contributed by atoms with Gasteiger partial charge in [0.15, 0.2) is 0 Å². The van der Waals surface area contributed by atoms with Gasteiger partial charge in [-0.2, -0.15) is 5.10 Å². The number of rotatable bonds is 9. The second-order valence-corrected chi connectivity index (χ2v) is 7.60. The molecule has 2 amide bonds. The molecule has 32 heavy (non-hydrogen) atoms. The summed E-state index contributed by atoms with van der Waals surface area (Å²) in [6.07, 6.45) is 4.18. The number of imidazole rings is 1. The highest BCUT2D eigenvalue weighted by Gasteiger charge is 2.22. The topological polar surface area (TPSA) is 108 Å². The molecule has 0 aliphatic carbocycles. The Labute approximate surface area is 187 Å². The Bertz CT molecular complexity index is 1020. The van der Waals surface area contributed by atoms with Crippen molar-refractivity contribution in [2.24, 2.45) is 5.10 Å². The predicted molar refractivity (Wildman–Crippen MR) is 122 cm³/mol. The Morgan fingerprint density at radius 1 is 1.12 bits per heavy atom. The molecular formula is C24H27N5O3. The van der Waals surface area contributed by atoms with Crippen LogP contribution in [0.1, 0.15) is 42.1 Å². The standard InChI is InChI=1S/C24H27N5O3/c1-17(2)20-10-8-18(9-11-20)13-27-29-23(30)22(12-21-14-25-16-26-21)28-24(31)32-15-19-6-4-3-5-7-19/h3-11,13-14,16-17,22H,12,15H2,1-2H3,(H,25,26)(H,28,31)(H,29,30)/b27-13-/t22-/m1/s1. The molecule has 2 aromatic carbocycles. The predicted octanol–water partition coefficient (Wildman–Crippen LogP) is 3.52. The number of H-pyrrole nitrogens is 1. The van der Waals surface area contributed by atoms with Gasteiger partial charge in [0, 0.05) is 18.3 Å². The van der Waals surface area contributed by atoms with Crippen molar-refractivity contribution in [1.29, 1.82) is 0 Å². The van der Waals surface area contributed by atoms with E-state index in [1.807, 2.05) is 54.6 Å². The maximum Gasteiger partial charge on any atom is 0.408 e. The van der Waals surface area contributed by atoms with Crippen LogP contribution in [0.5, 0.6) is 0 Å². The van der Waals surface area contributed by atoms with Crippen molar-refractivity contribution in [2.45, 2.75) is 38.8 Å². The number of nitrogens with zero attached hydrogens (tertiary/aromatic N) is 2. The molecule has 1 aromatic heterocycles. The fourth-order valence-electron chi connectivity index (χ4n) is 2.95. The normalized spacial score (nSPS) is 12.0. The van der Waals surface area contributed by atoms with Crippen LogP contribution in [-0.2, 0) is 22.6 Å². The molecule has 0 aliphatic rings. The van der Waals surface area contributed by atoms with Crippen LogP contribution in [0.3, 0.4) is 0 Å². The van der Waals surface area contributed by atoms with E-state index in [4.69, 9.17) is 4.74 Å². The Morgan fingerprint density at radius 2 is 1.88 bits per heavy atom. The fourth-order valence-corrected chi connectivity index (χ4v) is 2.95. The second kappa shape index (κ2) is 11.5. The van der Waals surface area contributed by atoms with Gasteiger partial charge in [-0.15, -0.1) is 0 Å². The van der Waals surface area contributed by atoms with Gasteiger partial charge < -0.3 is 15.0 Å². The summed E-state index contributed by atoms with van der Waals surface area (Å²) >= 11 is 0. The highest BCUT2D eigenvalue weighted by Crippen LogP contribution is 2.13. The number of aromatic nitrogens is 2. The lowest BCUT2D eigenvalue weighted by atomic mass is 10.0. The van der Waals surface area contributed by atoms with E-state index in [-0.39, 0.29) is 13.0 Å². The van der Waals surface area contributed by atoms with Gasteiger partial charge >= 0.3 is 6.09 Å². The summed E-state index contributed by atoms with van der Waals surface area (Å²) in [7, 11) is 0. The number of carbonyl (C=O) groups is 2. The Kier molecular flexibility index (Phi) is 8.14. The first kappa shape index (κ1) is 22.7. The Balaban J connectivity index is 1.58. The molecule has 0 unspecified atom stereocenters. The van der Waals surface area contributed by atoms with E-state index in [0.717, 1.165) is 11.1 Å². The molecule has 0 aliphatic heterocycles. The van der Waals surface area contributed by atoms with Gasteiger partial charge in [-0.1, -0.05) is 68.4 Å². The lowest BCUT2D eigenvalue weighted by Gasteiger charge is -2.16. The van der Waals surface area contributed by atoms with E-state index < -0.39 is 18.0 Å². The number of hydrogen-bond acceptors (Lipinski definition) is 5. The molecule has 3 rings (SSSR count). The average Bonchev–Trinajstić information content (AvgIpc) is 3.31. The molecule has 0 saturated heterocycles. The van der Waals surface area contributed by atoms with E-state index >= 15 is 0 Å². The van der Waals surface area contributed by atoms with Crippen molar-refractivity contribution in [1.82, 2.24) is 20.7 Å². The van der Waals surface area contributed by atoms with E-state index in [2.05, 4.69) is 39.7 Å². The lowest BCUT2D eigenvalue weighted by molar-refractivity contribution is -0.123. The minimum Gasteiger partial charge on any atom is -0.445 e. The molecule has 0 fully saturated rings. The molecule has 8 nitrogen and oxygen atoms in total. The van der Waals surface area contributed by atoms with Crippen molar-refractivity contribution in [2.75, 3.05) is 0 Å². The number of aromatic amines is 1. The summed E-state index contributed by atoms with van der Waals surface area (Å²) in [5.41, 5.74) is 6.12. The van der Waals surface area contributed by atoms with Crippen molar-refractivity contribution in [3.05, 3.63) is 89.5 Å². The summed E-state index contributed by atoms with van der Waals surface area (Å²) in [6.45, 7) is 4.36. The molecule has 1 heterocycles. The van der Waals surface area contributed by atoms with Gasteiger partial charge in [0.25, 0.3) is 5.91 Å². The van der Waals surface area contributed by atoms with Gasteiger partial charge in [-0.25, -0.2) is 15.2 Å². The van der Waals surface area contributed by atoms with E-state index in [1.54, 1.807) is 12.4 Å². The third-order valence-corrected chi connectivity index (χ3v) is 4.79. The quantitative estimate of drug-likeness (QED) is 0.354. The number of nitrogens with one attached hydrogen (secondary N) is 3. The molecular weight excluding hydrogens is 406 g/mol. The molecule has 1 atom stereocenters. The second-order valence-electron chi connectivity index (χ2n) is 7.60. The lowest BCUT2D eigenvalue weighted by Crippen LogP contribution is -2.47. The monoisotopic (exact) mass is 433 g/mol. The zero-order valence-corrected chi connectivity index (χ0v) is 18.1. The minimum atomic E-state index is -0.890. The minimum absolute atomic E-state index is 0.107. The molecule has 0 spiro atoms.